The molecule has 1 aliphatic carbocycles. The van der Waals surface area contributed by atoms with Crippen molar-refractivity contribution in [2.24, 2.45) is 0 Å². The normalized spacial score (nSPS) is 16.3. The Labute approximate surface area is 163 Å². The summed E-state index contributed by atoms with van der Waals surface area (Å²) in [5.74, 6) is -0.584. The Balaban J connectivity index is 1.87. The van der Waals surface area contributed by atoms with Gasteiger partial charge in [-0.25, -0.2) is 8.42 Å². The smallest absolute Gasteiger partial charge is 0.241 e. The minimum Gasteiger partial charge on any atom is -0.354 e. The van der Waals surface area contributed by atoms with E-state index in [4.69, 9.17) is 0 Å². The van der Waals surface area contributed by atoms with Crippen LogP contribution in [0, 0.1) is 0 Å². The van der Waals surface area contributed by atoms with E-state index < -0.39 is 20.5 Å². The molecule has 0 aromatic heterocycles. The fourth-order valence-electron chi connectivity index (χ4n) is 3.32. The van der Waals surface area contributed by atoms with Crippen molar-refractivity contribution in [2.75, 3.05) is 19.8 Å². The lowest BCUT2D eigenvalue weighted by Crippen LogP contribution is -2.50. The highest BCUT2D eigenvalue weighted by atomic mass is 79.9. The minimum atomic E-state index is -3.49. The Morgan fingerprint density at radius 2 is 1.85 bits per heavy atom. The van der Waals surface area contributed by atoms with E-state index in [2.05, 4.69) is 21.2 Å². The molecule has 2 rings (SSSR count). The maximum Gasteiger partial charge on any atom is 0.241 e. The van der Waals surface area contributed by atoms with Crippen LogP contribution >= 0.6 is 15.9 Å². The minimum absolute atomic E-state index is 0.110. The van der Waals surface area contributed by atoms with Crippen LogP contribution in [0.5, 0.6) is 0 Å². The first-order valence-corrected chi connectivity index (χ1v) is 11.3. The van der Waals surface area contributed by atoms with E-state index in [-0.39, 0.29) is 18.9 Å². The van der Waals surface area contributed by atoms with Gasteiger partial charge in [-0.1, -0.05) is 47.0 Å². The summed E-state index contributed by atoms with van der Waals surface area (Å²) in [7, 11) is -1.78. The second-order valence-corrected chi connectivity index (χ2v) is 10.0. The van der Waals surface area contributed by atoms with Gasteiger partial charge >= 0.3 is 0 Å². The third-order valence-corrected chi connectivity index (χ3v) is 7.74. The van der Waals surface area contributed by atoms with E-state index in [1.165, 1.54) is 0 Å². The zero-order valence-electron chi connectivity index (χ0n) is 15.1. The lowest BCUT2D eigenvalue weighted by atomic mass is 10.1. The number of benzene rings is 1. The van der Waals surface area contributed by atoms with Crippen LogP contribution < -0.4 is 5.32 Å². The fourth-order valence-corrected chi connectivity index (χ4v) is 5.17. The average molecular weight is 445 g/mol. The largest absolute Gasteiger partial charge is 0.354 e. The van der Waals surface area contributed by atoms with E-state index >= 15 is 0 Å². The van der Waals surface area contributed by atoms with Crippen LogP contribution in [0.2, 0.25) is 0 Å². The van der Waals surface area contributed by atoms with E-state index in [0.717, 1.165) is 29.1 Å². The summed E-state index contributed by atoms with van der Waals surface area (Å²) < 4.78 is 23.8. The molecular formula is C18H25BrN2O4S. The van der Waals surface area contributed by atoms with Gasteiger partial charge in [0.1, 0.15) is 4.75 Å². The lowest BCUT2D eigenvalue weighted by Gasteiger charge is -2.25. The molecule has 1 saturated carbocycles. The molecule has 144 valence electrons. The van der Waals surface area contributed by atoms with Crippen molar-refractivity contribution in [3.05, 3.63) is 34.3 Å². The third kappa shape index (κ3) is 4.65. The number of carbonyl (C=O) groups excluding carboxylic acids is 2. The molecule has 8 heteroatoms. The molecule has 0 unspecified atom stereocenters. The first-order valence-electron chi connectivity index (χ1n) is 8.63. The Bertz CT molecular complexity index is 773. The van der Waals surface area contributed by atoms with E-state index in [1.807, 2.05) is 24.3 Å². The van der Waals surface area contributed by atoms with Crippen LogP contribution in [0.3, 0.4) is 0 Å². The molecule has 1 aliphatic rings. The van der Waals surface area contributed by atoms with Crippen molar-refractivity contribution in [1.29, 1.82) is 0 Å². The number of rotatable bonds is 7. The molecule has 1 aromatic rings. The maximum atomic E-state index is 12.5. The summed E-state index contributed by atoms with van der Waals surface area (Å²) in [5, 5.41) is 2.66. The van der Waals surface area contributed by atoms with Gasteiger partial charge in [0.2, 0.25) is 11.8 Å². The topological polar surface area (TPSA) is 83.6 Å². The number of carbonyl (C=O) groups is 2. The lowest BCUT2D eigenvalue weighted by molar-refractivity contribution is -0.130. The molecular weight excluding hydrogens is 420 g/mol. The quantitative estimate of drug-likeness (QED) is 0.698. The molecule has 0 heterocycles. The molecule has 6 nitrogen and oxygen atoms in total. The van der Waals surface area contributed by atoms with Crippen molar-refractivity contribution in [1.82, 2.24) is 10.2 Å². The Kier molecular flexibility index (Phi) is 6.85. The van der Waals surface area contributed by atoms with Crippen LogP contribution in [-0.4, -0.2) is 49.7 Å². The van der Waals surface area contributed by atoms with E-state index in [0.29, 0.717) is 19.4 Å². The molecule has 0 bridgehead atoms. The van der Waals surface area contributed by atoms with Gasteiger partial charge in [0.15, 0.2) is 9.84 Å². The summed E-state index contributed by atoms with van der Waals surface area (Å²) in [6.45, 7) is 0.594. The molecule has 0 spiro atoms. The SMILES string of the molecule is CN(Cc1ccccc1Br)C(=O)CCNC(=O)C1(S(C)(=O)=O)CCCC1. The standard InChI is InChI=1S/C18H25BrN2O4S/c1-21(13-14-7-3-4-8-15(14)19)16(22)9-12-20-17(23)18(26(2,24)25)10-5-6-11-18/h3-4,7-8H,5-6,9-13H2,1-2H3,(H,20,23). The summed E-state index contributed by atoms with van der Waals surface area (Å²) in [5.41, 5.74) is 0.995. The fraction of sp³-hybridized carbons (Fsp3) is 0.556. The second-order valence-electron chi connectivity index (χ2n) is 6.82. The zero-order chi connectivity index (χ0) is 19.4. The summed E-state index contributed by atoms with van der Waals surface area (Å²) in [6.07, 6.45) is 3.42. The first kappa shape index (κ1) is 20.9. The van der Waals surface area contributed by atoms with Gasteiger partial charge in [-0.3, -0.25) is 9.59 Å². The Morgan fingerprint density at radius 3 is 2.42 bits per heavy atom. The summed E-state index contributed by atoms with van der Waals surface area (Å²) >= 11 is 3.46. The third-order valence-electron chi connectivity index (χ3n) is 4.95. The van der Waals surface area contributed by atoms with E-state index in [9.17, 15) is 18.0 Å². The number of sulfone groups is 1. The van der Waals surface area contributed by atoms with Gasteiger partial charge < -0.3 is 10.2 Å². The number of amides is 2. The molecule has 2 amide bonds. The molecule has 26 heavy (non-hydrogen) atoms. The maximum absolute atomic E-state index is 12.5. The van der Waals surface area contributed by atoms with Gasteiger partial charge in [0.05, 0.1) is 0 Å². The predicted molar refractivity (Wildman–Crippen MR) is 104 cm³/mol. The van der Waals surface area contributed by atoms with Crippen LogP contribution in [0.4, 0.5) is 0 Å². The number of nitrogens with one attached hydrogen (secondary N) is 1. The molecule has 1 aromatic carbocycles. The van der Waals surface area contributed by atoms with Crippen LogP contribution in [0.1, 0.15) is 37.7 Å². The van der Waals surface area contributed by atoms with E-state index in [1.54, 1.807) is 11.9 Å². The number of hydrogen-bond donors (Lipinski definition) is 1. The predicted octanol–water partition coefficient (Wildman–Crippen LogP) is 2.27. The van der Waals surface area contributed by atoms with Crippen LogP contribution in [0.15, 0.2) is 28.7 Å². The highest BCUT2D eigenvalue weighted by Crippen LogP contribution is 2.36. The molecule has 0 saturated heterocycles. The summed E-state index contributed by atoms with van der Waals surface area (Å²) in [4.78, 5) is 26.4. The number of hydrogen-bond acceptors (Lipinski definition) is 4. The van der Waals surface area contributed by atoms with Crippen molar-refractivity contribution in [3.8, 4) is 0 Å². The van der Waals surface area contributed by atoms with Crippen molar-refractivity contribution >= 4 is 37.6 Å². The Morgan fingerprint density at radius 1 is 1.23 bits per heavy atom. The molecule has 1 fully saturated rings. The average Bonchev–Trinajstić information content (AvgIpc) is 3.07. The summed E-state index contributed by atoms with van der Waals surface area (Å²) in [6, 6.07) is 7.67. The van der Waals surface area contributed by atoms with Crippen LogP contribution in [0.25, 0.3) is 0 Å². The van der Waals surface area contributed by atoms with Gasteiger partial charge in [0, 0.05) is 37.3 Å². The van der Waals surface area contributed by atoms with Crippen molar-refractivity contribution in [3.63, 3.8) is 0 Å². The molecule has 0 aliphatic heterocycles. The monoisotopic (exact) mass is 444 g/mol. The molecule has 0 radical (unpaired) electrons. The van der Waals surface area contributed by atoms with Crippen LogP contribution in [-0.2, 0) is 26.0 Å². The Hall–Kier alpha value is -1.41. The van der Waals surface area contributed by atoms with Gasteiger partial charge in [0.25, 0.3) is 0 Å². The van der Waals surface area contributed by atoms with Gasteiger partial charge in [-0.05, 0) is 24.5 Å². The van der Waals surface area contributed by atoms with Gasteiger partial charge in [-0.2, -0.15) is 0 Å². The number of halogens is 1. The molecule has 0 atom stereocenters. The van der Waals surface area contributed by atoms with Crippen molar-refractivity contribution in [2.45, 2.75) is 43.4 Å². The highest BCUT2D eigenvalue weighted by molar-refractivity contribution is 9.10. The van der Waals surface area contributed by atoms with Gasteiger partial charge in [-0.15, -0.1) is 0 Å². The van der Waals surface area contributed by atoms with Crippen molar-refractivity contribution < 1.29 is 18.0 Å². The highest BCUT2D eigenvalue weighted by Gasteiger charge is 2.49. The second kappa shape index (κ2) is 8.52. The zero-order valence-corrected chi connectivity index (χ0v) is 17.5. The first-order chi connectivity index (χ1) is 12.2. The number of nitrogens with zero attached hydrogens (tertiary/aromatic N) is 1. The molecule has 1 N–H and O–H groups in total.